The molecule has 0 spiro atoms. The first kappa shape index (κ1) is 21.0. The third-order valence-electron chi connectivity index (χ3n) is 4.56. The average molecular weight is 405 g/mol. The van der Waals surface area contributed by atoms with E-state index in [1.54, 1.807) is 30.5 Å². The number of fused-ring (bicyclic) bond motifs is 1. The van der Waals surface area contributed by atoms with E-state index in [2.05, 4.69) is 20.4 Å². The highest BCUT2D eigenvalue weighted by atomic mass is 16.5. The minimum atomic E-state index is -0.300. The zero-order valence-corrected chi connectivity index (χ0v) is 16.7. The van der Waals surface area contributed by atoms with Crippen LogP contribution in [0.1, 0.15) is 28.8 Å². The molecule has 2 amide bonds. The number of para-hydroxylation sites is 1. The smallest absolute Gasteiger partial charge is 0.305 e. The maximum atomic E-state index is 12.4. The zero-order chi connectivity index (χ0) is 21.3. The largest absolute Gasteiger partial charge is 0.469 e. The number of carbonyl (C=O) groups excluding carboxylic acids is 3. The first-order valence-corrected chi connectivity index (χ1v) is 9.64. The Kier molecular flexibility index (Phi) is 7.10. The second-order valence-electron chi connectivity index (χ2n) is 6.74. The van der Waals surface area contributed by atoms with E-state index >= 15 is 0 Å². The van der Waals surface area contributed by atoms with Crippen LogP contribution in [0.25, 0.3) is 10.9 Å². The molecule has 1 aromatic heterocycles. The Morgan fingerprint density at radius 3 is 2.53 bits per heavy atom. The molecule has 0 unspecified atom stereocenters. The van der Waals surface area contributed by atoms with Gasteiger partial charge in [-0.1, -0.05) is 30.3 Å². The fraction of sp³-hybridized carbons (Fsp3) is 0.217. The highest BCUT2D eigenvalue weighted by molar-refractivity contribution is 6.01. The van der Waals surface area contributed by atoms with Crippen molar-refractivity contribution in [3.05, 3.63) is 71.9 Å². The zero-order valence-electron chi connectivity index (χ0n) is 16.7. The summed E-state index contributed by atoms with van der Waals surface area (Å²) in [6, 6.07) is 16.3. The first-order valence-electron chi connectivity index (χ1n) is 9.64. The topological polar surface area (TPSA) is 97.4 Å². The van der Waals surface area contributed by atoms with Gasteiger partial charge in [0.1, 0.15) is 0 Å². The van der Waals surface area contributed by atoms with Gasteiger partial charge in [-0.3, -0.25) is 19.4 Å². The number of methoxy groups -OCH3 is 1. The molecule has 2 aromatic carbocycles. The fourth-order valence-electron chi connectivity index (χ4n) is 3.00. The molecule has 7 nitrogen and oxygen atoms in total. The van der Waals surface area contributed by atoms with E-state index in [1.165, 1.54) is 7.11 Å². The molecule has 2 N–H and O–H groups in total. The number of aromatic nitrogens is 1. The van der Waals surface area contributed by atoms with E-state index in [0.29, 0.717) is 24.2 Å². The molecule has 0 aliphatic heterocycles. The summed E-state index contributed by atoms with van der Waals surface area (Å²) >= 11 is 0. The predicted molar refractivity (Wildman–Crippen MR) is 114 cm³/mol. The van der Waals surface area contributed by atoms with Gasteiger partial charge in [0.25, 0.3) is 5.91 Å². The SMILES string of the molecule is COC(=O)CCCNC(=O)c1ccc(CC(=O)Nc2cccc3cccnc23)cc1. The Bertz CT molecular complexity index is 1040. The van der Waals surface area contributed by atoms with Gasteiger partial charge in [0, 0.05) is 30.1 Å². The number of nitrogens with zero attached hydrogens (tertiary/aromatic N) is 1. The lowest BCUT2D eigenvalue weighted by atomic mass is 10.1. The van der Waals surface area contributed by atoms with Crippen molar-refractivity contribution in [3.8, 4) is 0 Å². The third-order valence-corrected chi connectivity index (χ3v) is 4.56. The molecule has 0 aliphatic carbocycles. The van der Waals surface area contributed by atoms with E-state index in [-0.39, 0.29) is 30.6 Å². The van der Waals surface area contributed by atoms with Gasteiger partial charge in [0.15, 0.2) is 0 Å². The molecule has 0 atom stereocenters. The quantitative estimate of drug-likeness (QED) is 0.443. The lowest BCUT2D eigenvalue weighted by Crippen LogP contribution is -2.25. The normalized spacial score (nSPS) is 10.4. The van der Waals surface area contributed by atoms with Crippen molar-refractivity contribution in [1.29, 1.82) is 0 Å². The highest BCUT2D eigenvalue weighted by Gasteiger charge is 2.10. The summed E-state index contributed by atoms with van der Waals surface area (Å²) in [4.78, 5) is 40.0. The van der Waals surface area contributed by atoms with Crippen LogP contribution in [-0.4, -0.2) is 36.4 Å². The second-order valence-corrected chi connectivity index (χ2v) is 6.74. The van der Waals surface area contributed by atoms with Crippen molar-refractivity contribution in [3.63, 3.8) is 0 Å². The van der Waals surface area contributed by atoms with Gasteiger partial charge >= 0.3 is 5.97 Å². The van der Waals surface area contributed by atoms with Gasteiger partial charge in [-0.25, -0.2) is 0 Å². The molecular weight excluding hydrogens is 382 g/mol. The van der Waals surface area contributed by atoms with E-state index in [1.807, 2.05) is 30.3 Å². The van der Waals surface area contributed by atoms with Crippen LogP contribution in [0.2, 0.25) is 0 Å². The van der Waals surface area contributed by atoms with Gasteiger partial charge in [0.05, 0.1) is 24.7 Å². The summed E-state index contributed by atoms with van der Waals surface area (Å²) in [5.41, 5.74) is 2.70. The van der Waals surface area contributed by atoms with Crippen molar-refractivity contribution in [2.75, 3.05) is 19.0 Å². The van der Waals surface area contributed by atoms with Crippen LogP contribution in [-0.2, 0) is 20.7 Å². The van der Waals surface area contributed by atoms with Gasteiger partial charge in [-0.05, 0) is 36.2 Å². The number of amides is 2. The summed E-state index contributed by atoms with van der Waals surface area (Å²) < 4.78 is 4.56. The maximum absolute atomic E-state index is 12.4. The van der Waals surface area contributed by atoms with Crippen LogP contribution in [0.15, 0.2) is 60.8 Å². The summed E-state index contributed by atoms with van der Waals surface area (Å²) in [6.45, 7) is 0.386. The van der Waals surface area contributed by atoms with Crippen LogP contribution < -0.4 is 10.6 Å². The number of hydrogen-bond acceptors (Lipinski definition) is 5. The number of ether oxygens (including phenoxy) is 1. The minimum Gasteiger partial charge on any atom is -0.469 e. The van der Waals surface area contributed by atoms with Gasteiger partial charge in [-0.15, -0.1) is 0 Å². The lowest BCUT2D eigenvalue weighted by Gasteiger charge is -2.09. The number of nitrogens with one attached hydrogen (secondary N) is 2. The highest BCUT2D eigenvalue weighted by Crippen LogP contribution is 2.20. The summed E-state index contributed by atoms with van der Waals surface area (Å²) in [5, 5.41) is 6.61. The van der Waals surface area contributed by atoms with Crippen molar-refractivity contribution in [1.82, 2.24) is 10.3 Å². The Labute approximate surface area is 174 Å². The molecule has 7 heteroatoms. The number of carbonyl (C=O) groups is 3. The first-order chi connectivity index (χ1) is 14.6. The molecule has 0 fully saturated rings. The van der Waals surface area contributed by atoms with Crippen LogP contribution >= 0.6 is 0 Å². The van der Waals surface area contributed by atoms with E-state index in [0.717, 1.165) is 16.5 Å². The van der Waals surface area contributed by atoms with E-state index in [9.17, 15) is 14.4 Å². The Morgan fingerprint density at radius 2 is 1.77 bits per heavy atom. The molecule has 0 bridgehead atoms. The number of hydrogen-bond donors (Lipinski definition) is 2. The number of rotatable bonds is 8. The molecular formula is C23H23N3O4. The van der Waals surface area contributed by atoms with Crippen molar-refractivity contribution < 1.29 is 19.1 Å². The second kappa shape index (κ2) is 10.2. The monoisotopic (exact) mass is 405 g/mol. The van der Waals surface area contributed by atoms with Gasteiger partial charge < -0.3 is 15.4 Å². The van der Waals surface area contributed by atoms with Crippen LogP contribution in [0.4, 0.5) is 5.69 Å². The molecule has 3 aromatic rings. The van der Waals surface area contributed by atoms with Crippen LogP contribution in [0, 0.1) is 0 Å². The summed E-state index contributed by atoms with van der Waals surface area (Å²) in [6.07, 6.45) is 2.65. The number of esters is 1. The van der Waals surface area contributed by atoms with E-state index < -0.39 is 0 Å². The molecule has 154 valence electrons. The number of pyridine rings is 1. The fourth-order valence-corrected chi connectivity index (χ4v) is 3.00. The molecule has 0 saturated carbocycles. The molecule has 3 rings (SSSR count). The van der Waals surface area contributed by atoms with Gasteiger partial charge in [0.2, 0.25) is 5.91 Å². The Hall–Kier alpha value is -3.74. The lowest BCUT2D eigenvalue weighted by molar-refractivity contribution is -0.140. The van der Waals surface area contributed by atoms with Gasteiger partial charge in [-0.2, -0.15) is 0 Å². The molecule has 0 aliphatic rings. The van der Waals surface area contributed by atoms with Crippen LogP contribution in [0.3, 0.4) is 0 Å². The predicted octanol–water partition coefficient (Wildman–Crippen LogP) is 3.10. The number of benzene rings is 2. The van der Waals surface area contributed by atoms with Crippen molar-refractivity contribution >= 4 is 34.4 Å². The molecule has 1 heterocycles. The molecule has 0 saturated heterocycles. The Balaban J connectivity index is 1.53. The van der Waals surface area contributed by atoms with Crippen molar-refractivity contribution in [2.45, 2.75) is 19.3 Å². The molecule has 30 heavy (non-hydrogen) atoms. The summed E-state index contributed by atoms with van der Waals surface area (Å²) in [7, 11) is 1.33. The minimum absolute atomic E-state index is 0.159. The van der Waals surface area contributed by atoms with Crippen molar-refractivity contribution in [2.24, 2.45) is 0 Å². The Morgan fingerprint density at radius 1 is 1.00 bits per heavy atom. The summed E-state index contributed by atoms with van der Waals surface area (Å²) in [5.74, 6) is -0.683. The third kappa shape index (κ3) is 5.64. The standard InChI is InChI=1S/C23H23N3O4/c1-30-21(28)8-4-14-25-23(29)18-11-9-16(10-12-18)15-20(27)26-19-7-2-5-17-6-3-13-24-22(17)19/h2-3,5-7,9-13H,4,8,14-15H2,1H3,(H,25,29)(H,26,27). The average Bonchev–Trinajstić information content (AvgIpc) is 2.77. The molecule has 0 radical (unpaired) electrons. The van der Waals surface area contributed by atoms with E-state index in [4.69, 9.17) is 0 Å². The van der Waals surface area contributed by atoms with Crippen LogP contribution in [0.5, 0.6) is 0 Å². The maximum Gasteiger partial charge on any atom is 0.305 e. The number of anilines is 1.